The lowest BCUT2D eigenvalue weighted by atomic mass is 9.89. The van der Waals surface area contributed by atoms with Crippen LogP contribution in [-0.4, -0.2) is 80.8 Å². The van der Waals surface area contributed by atoms with Gasteiger partial charge >= 0.3 is 0 Å². The van der Waals surface area contributed by atoms with Gasteiger partial charge < -0.3 is 24.6 Å². The summed E-state index contributed by atoms with van der Waals surface area (Å²) < 4.78 is 11.7. The zero-order valence-corrected chi connectivity index (χ0v) is 20.7. The predicted octanol–water partition coefficient (Wildman–Crippen LogP) is 2.67. The Balaban J connectivity index is 0.00000272. The molecule has 3 atom stereocenters. The van der Waals surface area contributed by atoms with Crippen LogP contribution < -0.4 is 5.32 Å². The molecule has 1 aromatic carbocycles. The lowest BCUT2D eigenvalue weighted by molar-refractivity contribution is -0.142. The highest BCUT2D eigenvalue weighted by Crippen LogP contribution is 2.33. The van der Waals surface area contributed by atoms with E-state index >= 15 is 0 Å². The summed E-state index contributed by atoms with van der Waals surface area (Å²) in [4.78, 5) is 21.3. The maximum atomic E-state index is 12.6. The number of carbonyl (C=O) groups is 1. The zero-order valence-electron chi connectivity index (χ0n) is 18.4. The molecule has 3 saturated heterocycles. The lowest BCUT2D eigenvalue weighted by Crippen LogP contribution is -2.55. The Morgan fingerprint density at radius 3 is 2.39 bits per heavy atom. The SMILES string of the molecule is CN=C(NCC1CCCOC1c1ccccc1)N1CCN(C(=O)C2CCCO2)CC1.I. The van der Waals surface area contributed by atoms with Crippen LogP contribution in [0.25, 0.3) is 0 Å². The van der Waals surface area contributed by atoms with Crippen LogP contribution >= 0.6 is 24.0 Å². The highest BCUT2D eigenvalue weighted by molar-refractivity contribution is 14.0. The fourth-order valence-corrected chi connectivity index (χ4v) is 4.73. The number of piperazine rings is 1. The number of nitrogens with one attached hydrogen (secondary N) is 1. The molecule has 0 spiro atoms. The Bertz CT molecular complexity index is 719. The first kappa shape index (κ1) is 24.3. The van der Waals surface area contributed by atoms with Crippen molar-refractivity contribution < 1.29 is 14.3 Å². The summed E-state index contributed by atoms with van der Waals surface area (Å²) in [6.45, 7) is 5.40. The smallest absolute Gasteiger partial charge is 0.251 e. The second-order valence-electron chi connectivity index (χ2n) is 8.35. The second-order valence-corrected chi connectivity index (χ2v) is 8.35. The third kappa shape index (κ3) is 6.10. The molecule has 172 valence electrons. The van der Waals surface area contributed by atoms with Crippen LogP contribution in [0.2, 0.25) is 0 Å². The van der Waals surface area contributed by atoms with E-state index in [1.807, 2.05) is 18.0 Å². The van der Waals surface area contributed by atoms with E-state index in [0.29, 0.717) is 12.5 Å². The number of guanidine groups is 1. The Labute approximate surface area is 202 Å². The third-order valence-electron chi connectivity index (χ3n) is 6.40. The number of nitrogens with zero attached hydrogens (tertiary/aromatic N) is 3. The van der Waals surface area contributed by atoms with Crippen LogP contribution in [0, 0.1) is 5.92 Å². The molecule has 0 saturated carbocycles. The summed E-state index contributed by atoms with van der Waals surface area (Å²) in [6, 6.07) is 10.5. The molecule has 0 bridgehead atoms. The topological polar surface area (TPSA) is 66.4 Å². The van der Waals surface area contributed by atoms with Gasteiger partial charge in [-0.15, -0.1) is 24.0 Å². The molecule has 3 fully saturated rings. The van der Waals surface area contributed by atoms with Gasteiger partial charge in [0.1, 0.15) is 6.10 Å². The van der Waals surface area contributed by atoms with E-state index in [4.69, 9.17) is 9.47 Å². The monoisotopic (exact) mass is 542 g/mol. The number of benzene rings is 1. The summed E-state index contributed by atoms with van der Waals surface area (Å²) in [7, 11) is 1.83. The highest BCUT2D eigenvalue weighted by atomic mass is 127. The number of halogens is 1. The largest absolute Gasteiger partial charge is 0.373 e. The standard InChI is InChI=1S/C23H34N4O3.HI/c1-24-23(27-13-11-26(12-14-27)22(28)20-10-6-15-29-20)25-17-19-9-5-16-30-21(19)18-7-3-2-4-8-18;/h2-4,7-8,19-21H,5-6,9-17H2,1H3,(H,24,25);1H. The van der Waals surface area contributed by atoms with Crippen molar-refractivity contribution in [1.29, 1.82) is 0 Å². The minimum Gasteiger partial charge on any atom is -0.373 e. The van der Waals surface area contributed by atoms with E-state index in [2.05, 4.69) is 39.5 Å². The van der Waals surface area contributed by atoms with E-state index < -0.39 is 0 Å². The Hall–Kier alpha value is -1.39. The lowest BCUT2D eigenvalue weighted by Gasteiger charge is -2.38. The van der Waals surface area contributed by atoms with Gasteiger partial charge in [-0.25, -0.2) is 0 Å². The minimum atomic E-state index is -0.227. The fraction of sp³-hybridized carbons (Fsp3) is 0.652. The number of rotatable bonds is 4. The molecular formula is C23H35IN4O3. The molecule has 0 radical (unpaired) electrons. The van der Waals surface area contributed by atoms with E-state index in [-0.39, 0.29) is 42.1 Å². The molecule has 8 heteroatoms. The van der Waals surface area contributed by atoms with Crippen LogP contribution in [0.1, 0.15) is 37.4 Å². The number of aliphatic imine (C=N–C) groups is 1. The van der Waals surface area contributed by atoms with Gasteiger partial charge in [0.2, 0.25) is 0 Å². The fourth-order valence-electron chi connectivity index (χ4n) is 4.73. The summed E-state index contributed by atoms with van der Waals surface area (Å²) in [6.07, 6.45) is 3.99. The second kappa shape index (κ2) is 12.0. The summed E-state index contributed by atoms with van der Waals surface area (Å²) in [5, 5.41) is 3.58. The number of hydrogen-bond acceptors (Lipinski definition) is 4. The molecule has 7 nitrogen and oxygen atoms in total. The average Bonchev–Trinajstić information content (AvgIpc) is 3.35. The first-order chi connectivity index (χ1) is 14.8. The molecule has 0 aliphatic carbocycles. The van der Waals surface area contributed by atoms with Crippen LogP contribution in [-0.2, 0) is 14.3 Å². The van der Waals surface area contributed by atoms with Gasteiger partial charge in [0.05, 0.1) is 6.10 Å². The van der Waals surface area contributed by atoms with E-state index in [0.717, 1.165) is 71.0 Å². The molecule has 1 amide bonds. The van der Waals surface area contributed by atoms with Gasteiger partial charge in [-0.1, -0.05) is 30.3 Å². The first-order valence-corrected chi connectivity index (χ1v) is 11.3. The predicted molar refractivity (Wildman–Crippen MR) is 132 cm³/mol. The van der Waals surface area contributed by atoms with Gasteiger partial charge in [0.25, 0.3) is 5.91 Å². The van der Waals surface area contributed by atoms with Crippen LogP contribution in [0.15, 0.2) is 35.3 Å². The van der Waals surface area contributed by atoms with Crippen LogP contribution in [0.3, 0.4) is 0 Å². The van der Waals surface area contributed by atoms with Gasteiger partial charge in [-0.05, 0) is 31.2 Å². The number of carbonyl (C=O) groups excluding carboxylic acids is 1. The average molecular weight is 542 g/mol. The van der Waals surface area contributed by atoms with E-state index in [1.165, 1.54) is 5.56 Å². The molecule has 3 aliphatic heterocycles. The molecule has 0 aromatic heterocycles. The number of amides is 1. The molecule has 3 heterocycles. The molecule has 1 aromatic rings. The van der Waals surface area contributed by atoms with Crippen LogP contribution in [0.5, 0.6) is 0 Å². The van der Waals surface area contributed by atoms with Crippen molar-refractivity contribution in [2.75, 3.05) is 53.0 Å². The number of hydrogen-bond donors (Lipinski definition) is 1. The van der Waals surface area contributed by atoms with Crippen molar-refractivity contribution in [2.45, 2.75) is 37.9 Å². The van der Waals surface area contributed by atoms with Crippen molar-refractivity contribution >= 4 is 35.8 Å². The van der Waals surface area contributed by atoms with Crippen molar-refractivity contribution in [3.05, 3.63) is 35.9 Å². The third-order valence-corrected chi connectivity index (χ3v) is 6.40. The van der Waals surface area contributed by atoms with Crippen molar-refractivity contribution in [3.8, 4) is 0 Å². The summed E-state index contributed by atoms with van der Waals surface area (Å²) >= 11 is 0. The molecule has 3 unspecified atom stereocenters. The molecular weight excluding hydrogens is 507 g/mol. The van der Waals surface area contributed by atoms with Gasteiger partial charge in [0, 0.05) is 58.9 Å². The Morgan fingerprint density at radius 2 is 1.71 bits per heavy atom. The van der Waals surface area contributed by atoms with Crippen molar-refractivity contribution in [2.24, 2.45) is 10.9 Å². The maximum absolute atomic E-state index is 12.6. The van der Waals surface area contributed by atoms with Gasteiger partial charge in [0.15, 0.2) is 5.96 Å². The molecule has 3 aliphatic rings. The molecule has 1 N–H and O–H groups in total. The Kier molecular flexibility index (Phi) is 9.40. The zero-order chi connectivity index (χ0) is 20.8. The van der Waals surface area contributed by atoms with Crippen LogP contribution in [0.4, 0.5) is 0 Å². The molecule has 31 heavy (non-hydrogen) atoms. The van der Waals surface area contributed by atoms with Gasteiger partial charge in [-0.3, -0.25) is 9.79 Å². The van der Waals surface area contributed by atoms with E-state index in [9.17, 15) is 4.79 Å². The quantitative estimate of drug-likeness (QED) is 0.360. The maximum Gasteiger partial charge on any atom is 0.251 e. The Morgan fingerprint density at radius 1 is 1.03 bits per heavy atom. The minimum absolute atomic E-state index is 0. The van der Waals surface area contributed by atoms with Gasteiger partial charge in [-0.2, -0.15) is 0 Å². The summed E-state index contributed by atoms with van der Waals surface area (Å²) in [5.41, 5.74) is 1.25. The first-order valence-electron chi connectivity index (χ1n) is 11.3. The van der Waals surface area contributed by atoms with E-state index in [1.54, 1.807) is 0 Å². The van der Waals surface area contributed by atoms with Crippen molar-refractivity contribution in [1.82, 2.24) is 15.1 Å². The highest BCUT2D eigenvalue weighted by Gasteiger charge is 2.32. The number of ether oxygens (including phenoxy) is 2. The normalized spacial score (nSPS) is 27.0. The van der Waals surface area contributed by atoms with Crippen molar-refractivity contribution in [3.63, 3.8) is 0 Å². The summed E-state index contributed by atoms with van der Waals surface area (Å²) in [5.74, 6) is 1.48. The molecule has 4 rings (SSSR count).